The van der Waals surface area contributed by atoms with Crippen molar-refractivity contribution in [3.63, 3.8) is 0 Å². The van der Waals surface area contributed by atoms with Gasteiger partial charge < -0.3 is 5.73 Å². The highest BCUT2D eigenvalue weighted by Crippen LogP contribution is 2.35. The largest absolute Gasteiger partial charge is 0.329 e. The number of thiophene rings is 1. The minimum atomic E-state index is 0.223. The van der Waals surface area contributed by atoms with E-state index in [1.807, 2.05) is 0 Å². The number of halogens is 2. The molecule has 1 saturated heterocycles. The molecule has 1 atom stereocenters. The monoisotopic (exact) mass is 381 g/mol. The molecule has 0 radical (unpaired) electrons. The number of rotatable bonds is 4. The molecule has 2 rings (SSSR count). The van der Waals surface area contributed by atoms with Crippen LogP contribution in [0.3, 0.4) is 0 Å². The lowest BCUT2D eigenvalue weighted by Gasteiger charge is -2.30. The first-order valence-electron chi connectivity index (χ1n) is 5.86. The Labute approximate surface area is 123 Å². The Morgan fingerprint density at radius 1 is 1.35 bits per heavy atom. The molecule has 2 heterocycles. The summed E-state index contributed by atoms with van der Waals surface area (Å²) in [6.45, 7) is 2.88. The van der Waals surface area contributed by atoms with Gasteiger partial charge in [-0.3, -0.25) is 0 Å². The second-order valence-corrected chi connectivity index (χ2v) is 7.49. The first-order valence-corrected chi connectivity index (χ1v) is 8.27. The molecule has 3 nitrogen and oxygen atoms in total. The molecule has 1 aliphatic heterocycles. The summed E-state index contributed by atoms with van der Waals surface area (Å²) in [6, 6.07) is 2.36. The summed E-state index contributed by atoms with van der Waals surface area (Å²) in [6.07, 6.45) is 3.91. The van der Waals surface area contributed by atoms with E-state index in [-0.39, 0.29) is 6.04 Å². The molecular formula is C11H17Br2N3S. The van der Waals surface area contributed by atoms with E-state index in [2.05, 4.69) is 48.4 Å². The molecule has 0 saturated carbocycles. The molecule has 3 N–H and O–H groups in total. The summed E-state index contributed by atoms with van der Waals surface area (Å²) < 4.78 is 2.24. The topological polar surface area (TPSA) is 41.3 Å². The molecule has 1 aromatic heterocycles. The number of nitrogens with zero attached hydrogens (tertiary/aromatic N) is 1. The highest BCUT2D eigenvalue weighted by atomic mass is 79.9. The predicted octanol–water partition coefficient (Wildman–Crippen LogP) is 3.26. The first-order chi connectivity index (χ1) is 8.20. The van der Waals surface area contributed by atoms with E-state index in [0.717, 1.165) is 21.3 Å². The molecule has 0 amide bonds. The SMILES string of the molecule is NCC(NN1CCCCC1)c1cc(Br)c(Br)s1. The molecule has 6 heteroatoms. The van der Waals surface area contributed by atoms with Gasteiger partial charge in [-0.1, -0.05) is 6.42 Å². The van der Waals surface area contributed by atoms with E-state index >= 15 is 0 Å². The maximum Gasteiger partial charge on any atom is 0.0843 e. The molecule has 0 bridgehead atoms. The summed E-state index contributed by atoms with van der Waals surface area (Å²) >= 11 is 8.78. The van der Waals surface area contributed by atoms with Crippen molar-refractivity contribution in [3.05, 3.63) is 19.2 Å². The quantitative estimate of drug-likeness (QED) is 0.839. The maximum atomic E-state index is 5.87. The lowest BCUT2D eigenvalue weighted by molar-refractivity contribution is 0.131. The zero-order chi connectivity index (χ0) is 12.3. The Morgan fingerprint density at radius 3 is 2.59 bits per heavy atom. The Bertz CT molecular complexity index is 344. The molecule has 1 unspecified atom stereocenters. The van der Waals surface area contributed by atoms with Gasteiger partial charge >= 0.3 is 0 Å². The minimum Gasteiger partial charge on any atom is -0.329 e. The van der Waals surface area contributed by atoms with Crippen LogP contribution in [0, 0.1) is 0 Å². The maximum absolute atomic E-state index is 5.87. The molecule has 0 aliphatic carbocycles. The van der Waals surface area contributed by atoms with Crippen LogP contribution >= 0.6 is 43.2 Å². The summed E-state index contributed by atoms with van der Waals surface area (Å²) in [5.74, 6) is 0. The third kappa shape index (κ3) is 3.75. The Kier molecular flexibility index (Phi) is 5.45. The Morgan fingerprint density at radius 2 is 2.06 bits per heavy atom. The fourth-order valence-corrected chi connectivity index (χ4v) is 4.16. The number of nitrogens with two attached hydrogens (primary N) is 1. The standard InChI is InChI=1S/C11H17Br2N3S/c12-8-6-10(17-11(8)13)9(7-14)15-16-4-2-1-3-5-16/h6,9,15H,1-5,7,14H2. The average molecular weight is 383 g/mol. The molecule has 1 aliphatic rings. The van der Waals surface area contributed by atoms with Gasteiger partial charge in [-0.25, -0.2) is 10.4 Å². The van der Waals surface area contributed by atoms with Gasteiger partial charge in [-0.05, 0) is 50.8 Å². The van der Waals surface area contributed by atoms with Crippen LogP contribution in [-0.4, -0.2) is 24.6 Å². The van der Waals surface area contributed by atoms with Crippen LogP contribution in [0.5, 0.6) is 0 Å². The van der Waals surface area contributed by atoms with Crippen LogP contribution < -0.4 is 11.2 Å². The van der Waals surface area contributed by atoms with E-state index in [1.165, 1.54) is 24.1 Å². The second-order valence-electron chi connectivity index (χ2n) is 4.24. The zero-order valence-corrected chi connectivity index (χ0v) is 13.6. The number of nitrogens with one attached hydrogen (secondary N) is 1. The molecule has 17 heavy (non-hydrogen) atoms. The first kappa shape index (κ1) is 14.0. The van der Waals surface area contributed by atoms with Gasteiger partial charge in [-0.2, -0.15) is 0 Å². The van der Waals surface area contributed by atoms with E-state index in [9.17, 15) is 0 Å². The number of hydrazine groups is 1. The van der Waals surface area contributed by atoms with E-state index in [0.29, 0.717) is 6.54 Å². The summed E-state index contributed by atoms with van der Waals surface area (Å²) in [4.78, 5) is 1.27. The van der Waals surface area contributed by atoms with Crippen molar-refractivity contribution >= 4 is 43.2 Å². The van der Waals surface area contributed by atoms with Crippen LogP contribution in [-0.2, 0) is 0 Å². The molecular weight excluding hydrogens is 366 g/mol. The van der Waals surface area contributed by atoms with Gasteiger partial charge in [0.15, 0.2) is 0 Å². The second kappa shape index (κ2) is 6.63. The highest BCUT2D eigenvalue weighted by Gasteiger charge is 2.18. The number of hydrogen-bond acceptors (Lipinski definition) is 4. The van der Waals surface area contributed by atoms with Crippen LogP contribution in [0.1, 0.15) is 30.2 Å². The predicted molar refractivity (Wildman–Crippen MR) is 80.1 cm³/mol. The zero-order valence-electron chi connectivity index (χ0n) is 9.59. The average Bonchev–Trinajstić information content (AvgIpc) is 2.68. The molecule has 96 valence electrons. The molecule has 0 spiro atoms. The van der Waals surface area contributed by atoms with Crippen LogP contribution in [0.2, 0.25) is 0 Å². The lowest BCUT2D eigenvalue weighted by Crippen LogP contribution is -2.45. The van der Waals surface area contributed by atoms with Crippen molar-refractivity contribution in [1.82, 2.24) is 10.4 Å². The molecule has 0 aromatic carbocycles. The van der Waals surface area contributed by atoms with Crippen molar-refractivity contribution < 1.29 is 0 Å². The van der Waals surface area contributed by atoms with Crippen molar-refractivity contribution in [3.8, 4) is 0 Å². The molecule has 1 fully saturated rings. The van der Waals surface area contributed by atoms with Crippen LogP contribution in [0.4, 0.5) is 0 Å². The van der Waals surface area contributed by atoms with E-state index < -0.39 is 0 Å². The number of hydrogen-bond donors (Lipinski definition) is 2. The summed E-state index contributed by atoms with van der Waals surface area (Å²) in [7, 11) is 0. The summed E-state index contributed by atoms with van der Waals surface area (Å²) in [5.41, 5.74) is 9.41. The van der Waals surface area contributed by atoms with E-state index in [4.69, 9.17) is 5.73 Å². The van der Waals surface area contributed by atoms with Crippen LogP contribution in [0.15, 0.2) is 14.3 Å². The normalized spacial score (nSPS) is 19.5. The molecule has 1 aromatic rings. The Balaban J connectivity index is 2.00. The third-order valence-electron chi connectivity index (χ3n) is 2.94. The van der Waals surface area contributed by atoms with Crippen molar-refractivity contribution in [2.45, 2.75) is 25.3 Å². The van der Waals surface area contributed by atoms with Gasteiger partial charge in [-0.15, -0.1) is 11.3 Å². The minimum absolute atomic E-state index is 0.223. The Hall–Kier alpha value is 0.540. The van der Waals surface area contributed by atoms with Gasteiger partial charge in [0.25, 0.3) is 0 Å². The van der Waals surface area contributed by atoms with Crippen molar-refractivity contribution in [2.24, 2.45) is 5.73 Å². The fraction of sp³-hybridized carbons (Fsp3) is 0.636. The smallest absolute Gasteiger partial charge is 0.0843 e. The van der Waals surface area contributed by atoms with E-state index in [1.54, 1.807) is 11.3 Å². The number of piperidine rings is 1. The van der Waals surface area contributed by atoms with Gasteiger partial charge in [0.05, 0.1) is 9.83 Å². The van der Waals surface area contributed by atoms with Gasteiger partial charge in [0, 0.05) is 29.0 Å². The van der Waals surface area contributed by atoms with Gasteiger partial charge in [0.2, 0.25) is 0 Å². The summed E-state index contributed by atoms with van der Waals surface area (Å²) in [5, 5.41) is 2.31. The highest BCUT2D eigenvalue weighted by molar-refractivity contribution is 9.13. The lowest BCUT2D eigenvalue weighted by atomic mass is 10.1. The van der Waals surface area contributed by atoms with Gasteiger partial charge in [0.1, 0.15) is 0 Å². The third-order valence-corrected chi connectivity index (χ3v) is 6.31. The van der Waals surface area contributed by atoms with Crippen LogP contribution in [0.25, 0.3) is 0 Å². The fourth-order valence-electron chi connectivity index (χ4n) is 2.01. The van der Waals surface area contributed by atoms with Crippen molar-refractivity contribution in [2.75, 3.05) is 19.6 Å². The van der Waals surface area contributed by atoms with Crippen molar-refractivity contribution in [1.29, 1.82) is 0 Å².